The highest BCUT2D eigenvalue weighted by molar-refractivity contribution is 5.40. The summed E-state index contributed by atoms with van der Waals surface area (Å²) < 4.78 is 7.25. The van der Waals surface area contributed by atoms with E-state index in [4.69, 9.17) is 4.74 Å². The molecule has 0 amide bonds. The molecule has 1 heterocycles. The van der Waals surface area contributed by atoms with Crippen LogP contribution in [0.4, 0.5) is 5.69 Å². The number of hydrogen-bond acceptors (Lipinski definition) is 3. The molecule has 1 saturated carbocycles. The van der Waals surface area contributed by atoms with E-state index in [1.54, 1.807) is 7.11 Å². The Morgan fingerprint density at radius 3 is 2.72 bits per heavy atom. The predicted molar refractivity (Wildman–Crippen MR) is 73.2 cm³/mol. The van der Waals surface area contributed by atoms with Crippen LogP contribution < -0.4 is 10.9 Å². The summed E-state index contributed by atoms with van der Waals surface area (Å²) in [7, 11) is 1.77. The second kappa shape index (κ2) is 6.05. The molecule has 4 heteroatoms. The lowest BCUT2D eigenvalue weighted by Gasteiger charge is -2.29. The van der Waals surface area contributed by atoms with Crippen molar-refractivity contribution >= 4 is 5.69 Å². The molecule has 0 saturated heterocycles. The van der Waals surface area contributed by atoms with Gasteiger partial charge in [0.25, 0.3) is 5.56 Å². The second-order valence-corrected chi connectivity index (χ2v) is 4.83. The van der Waals surface area contributed by atoms with Crippen LogP contribution in [-0.2, 0) is 4.74 Å². The highest BCUT2D eigenvalue weighted by atomic mass is 16.5. The smallest absolute Gasteiger partial charge is 0.274 e. The fourth-order valence-electron chi connectivity index (χ4n) is 2.68. The first-order valence-corrected chi connectivity index (χ1v) is 6.74. The van der Waals surface area contributed by atoms with Crippen LogP contribution in [0.15, 0.2) is 23.1 Å². The Kier molecular flexibility index (Phi) is 4.42. The minimum absolute atomic E-state index is 0.0974. The molecule has 1 aromatic rings. The Morgan fingerprint density at radius 2 is 2.11 bits per heavy atom. The van der Waals surface area contributed by atoms with Crippen LogP contribution in [-0.4, -0.2) is 24.3 Å². The second-order valence-electron chi connectivity index (χ2n) is 4.83. The zero-order valence-electron chi connectivity index (χ0n) is 11.2. The van der Waals surface area contributed by atoms with Crippen molar-refractivity contribution in [3.05, 3.63) is 28.7 Å². The number of rotatable bonds is 4. The minimum Gasteiger partial charge on any atom is -0.381 e. The quantitative estimate of drug-likeness (QED) is 0.892. The van der Waals surface area contributed by atoms with Crippen molar-refractivity contribution in [2.45, 2.75) is 44.8 Å². The number of hydrogen-bond donors (Lipinski definition) is 1. The van der Waals surface area contributed by atoms with Gasteiger partial charge in [-0.15, -0.1) is 0 Å². The van der Waals surface area contributed by atoms with Crippen LogP contribution >= 0.6 is 0 Å². The van der Waals surface area contributed by atoms with E-state index in [-0.39, 0.29) is 5.56 Å². The van der Waals surface area contributed by atoms with E-state index in [0.29, 0.717) is 17.8 Å². The third-order valence-corrected chi connectivity index (χ3v) is 3.71. The topological polar surface area (TPSA) is 43.3 Å². The van der Waals surface area contributed by atoms with Crippen molar-refractivity contribution in [2.75, 3.05) is 19.0 Å². The molecule has 1 aliphatic rings. The van der Waals surface area contributed by atoms with Gasteiger partial charge in [-0.2, -0.15) is 0 Å². The summed E-state index contributed by atoms with van der Waals surface area (Å²) in [6.45, 7) is 2.77. The maximum absolute atomic E-state index is 12.3. The third-order valence-electron chi connectivity index (χ3n) is 3.71. The Morgan fingerprint density at radius 1 is 1.39 bits per heavy atom. The van der Waals surface area contributed by atoms with Gasteiger partial charge in [-0.25, -0.2) is 0 Å². The average Bonchev–Trinajstić information content (AvgIpc) is 2.42. The molecular formula is C14H22N2O2. The van der Waals surface area contributed by atoms with Gasteiger partial charge in [-0.3, -0.25) is 4.79 Å². The van der Waals surface area contributed by atoms with Crippen LogP contribution in [0.5, 0.6) is 0 Å². The molecule has 0 spiro atoms. The van der Waals surface area contributed by atoms with Crippen molar-refractivity contribution in [3.8, 4) is 0 Å². The Balaban J connectivity index is 2.14. The summed E-state index contributed by atoms with van der Waals surface area (Å²) in [5, 5.41) is 3.12. The van der Waals surface area contributed by atoms with Crippen LogP contribution in [0.3, 0.4) is 0 Å². The first-order valence-electron chi connectivity index (χ1n) is 6.74. The van der Waals surface area contributed by atoms with Gasteiger partial charge in [0.2, 0.25) is 0 Å². The molecule has 18 heavy (non-hydrogen) atoms. The third kappa shape index (κ3) is 2.75. The maximum atomic E-state index is 12.3. The zero-order chi connectivity index (χ0) is 13.0. The van der Waals surface area contributed by atoms with E-state index in [0.717, 1.165) is 32.2 Å². The molecule has 100 valence electrons. The van der Waals surface area contributed by atoms with E-state index in [1.807, 2.05) is 29.8 Å². The molecule has 1 fully saturated rings. The van der Waals surface area contributed by atoms with Crippen molar-refractivity contribution < 1.29 is 4.74 Å². The first-order chi connectivity index (χ1) is 8.76. The van der Waals surface area contributed by atoms with Gasteiger partial charge in [0.15, 0.2) is 0 Å². The lowest BCUT2D eigenvalue weighted by atomic mass is 9.92. The number of nitrogens with zero attached hydrogens (tertiary/aromatic N) is 1. The molecule has 4 nitrogen and oxygen atoms in total. The van der Waals surface area contributed by atoms with E-state index in [2.05, 4.69) is 5.32 Å². The Hall–Kier alpha value is -1.29. The molecule has 1 N–H and O–H groups in total. The van der Waals surface area contributed by atoms with Gasteiger partial charge >= 0.3 is 0 Å². The van der Waals surface area contributed by atoms with Crippen LogP contribution in [0.1, 0.15) is 38.6 Å². The van der Waals surface area contributed by atoms with Crippen LogP contribution in [0.2, 0.25) is 0 Å². The normalized spacial score (nSPS) is 23.9. The predicted octanol–water partition coefficient (Wildman–Crippen LogP) is 2.41. The zero-order valence-corrected chi connectivity index (χ0v) is 11.2. The van der Waals surface area contributed by atoms with Crippen LogP contribution in [0.25, 0.3) is 0 Å². The monoisotopic (exact) mass is 250 g/mol. The fourth-order valence-corrected chi connectivity index (χ4v) is 2.68. The van der Waals surface area contributed by atoms with E-state index >= 15 is 0 Å². The van der Waals surface area contributed by atoms with E-state index < -0.39 is 0 Å². The number of anilines is 1. The molecule has 0 bridgehead atoms. The van der Waals surface area contributed by atoms with E-state index in [1.165, 1.54) is 0 Å². The average molecular weight is 250 g/mol. The fraction of sp³-hybridized carbons (Fsp3) is 0.643. The van der Waals surface area contributed by atoms with E-state index in [9.17, 15) is 4.79 Å². The molecule has 0 aliphatic heterocycles. The highest BCUT2D eigenvalue weighted by Gasteiger charge is 2.22. The number of methoxy groups -OCH3 is 1. The van der Waals surface area contributed by atoms with Gasteiger partial charge in [0.1, 0.15) is 5.69 Å². The minimum atomic E-state index is 0.0974. The lowest BCUT2D eigenvalue weighted by Crippen LogP contribution is -2.30. The lowest BCUT2D eigenvalue weighted by molar-refractivity contribution is 0.0580. The molecule has 0 unspecified atom stereocenters. The van der Waals surface area contributed by atoms with Crippen LogP contribution in [0, 0.1) is 0 Å². The summed E-state index contributed by atoms with van der Waals surface area (Å²) in [5.74, 6) is 0. The summed E-state index contributed by atoms with van der Waals surface area (Å²) >= 11 is 0. The number of aromatic nitrogens is 1. The molecule has 1 aromatic heterocycles. The summed E-state index contributed by atoms with van der Waals surface area (Å²) in [6.07, 6.45) is 6.40. The van der Waals surface area contributed by atoms with Gasteiger partial charge in [0, 0.05) is 25.9 Å². The van der Waals surface area contributed by atoms with Gasteiger partial charge < -0.3 is 14.6 Å². The van der Waals surface area contributed by atoms with Crippen molar-refractivity contribution in [1.82, 2.24) is 4.57 Å². The van der Waals surface area contributed by atoms with Gasteiger partial charge in [0.05, 0.1) is 6.10 Å². The standard InChI is InChI=1S/C14H22N2O2/c1-3-15-13-5-4-10-16(14(13)17)11-6-8-12(18-2)9-7-11/h4-5,10-12,15H,3,6-9H2,1-2H3/t11-,12-. The number of nitrogens with one attached hydrogen (secondary N) is 1. The van der Waals surface area contributed by atoms with Gasteiger partial charge in [-0.05, 0) is 44.7 Å². The van der Waals surface area contributed by atoms with Gasteiger partial charge in [-0.1, -0.05) is 0 Å². The molecule has 2 rings (SSSR count). The van der Waals surface area contributed by atoms with Crippen molar-refractivity contribution in [2.24, 2.45) is 0 Å². The molecule has 0 atom stereocenters. The maximum Gasteiger partial charge on any atom is 0.274 e. The SMILES string of the molecule is CCNc1cccn([C@H]2CC[C@H](OC)CC2)c1=O. The number of pyridine rings is 1. The van der Waals surface area contributed by atoms with Crippen molar-refractivity contribution in [1.29, 1.82) is 0 Å². The summed E-state index contributed by atoms with van der Waals surface area (Å²) in [6, 6.07) is 4.12. The highest BCUT2D eigenvalue weighted by Crippen LogP contribution is 2.28. The first kappa shape index (κ1) is 13.1. The summed E-state index contributed by atoms with van der Waals surface area (Å²) in [4.78, 5) is 12.3. The number of ether oxygens (including phenoxy) is 1. The molecule has 0 radical (unpaired) electrons. The largest absolute Gasteiger partial charge is 0.381 e. The Bertz CT molecular complexity index is 434. The van der Waals surface area contributed by atoms with Crippen molar-refractivity contribution in [3.63, 3.8) is 0 Å². The molecule has 1 aliphatic carbocycles. The Labute approximate surface area is 108 Å². The summed E-state index contributed by atoms with van der Waals surface area (Å²) in [5.41, 5.74) is 0.800. The molecule has 0 aromatic carbocycles. The molecular weight excluding hydrogens is 228 g/mol.